The van der Waals surface area contributed by atoms with Crippen molar-refractivity contribution < 1.29 is 19.2 Å². The molecule has 2 aromatic carbocycles. The van der Waals surface area contributed by atoms with Crippen LogP contribution < -0.4 is 4.90 Å². The molecule has 3 heterocycles. The monoisotopic (exact) mass is 531 g/mol. The standard InChI is InChI=1S/C31H37N3O5/c35-31(34(36)37)23-14-15-24-27(21-23)33-18-17-32(16-8-20-39-28-13-6-7-19-38-28)26-12-5-4-11-25(26)30(33)29(24)22-9-2-1-3-10-22/h4-5,11-12,14-15,21-22,28H,1-3,6-10,13,16-20H2. The minimum absolute atomic E-state index is 0.0728. The lowest BCUT2D eigenvalue weighted by molar-refractivity contribution is -0.375. The molecule has 8 heteroatoms. The molecule has 0 radical (unpaired) electrons. The maximum Gasteiger partial charge on any atom is 0.476 e. The first-order valence-electron chi connectivity index (χ1n) is 14.5. The van der Waals surface area contributed by atoms with Crippen molar-refractivity contribution in [1.82, 2.24) is 4.57 Å². The number of para-hydroxylation sites is 1. The number of rotatable bonds is 7. The van der Waals surface area contributed by atoms with Crippen LogP contribution in [0.3, 0.4) is 0 Å². The van der Waals surface area contributed by atoms with Gasteiger partial charge in [0.15, 0.2) is 6.29 Å². The van der Waals surface area contributed by atoms with Gasteiger partial charge in [0.05, 0.1) is 17.9 Å². The lowest BCUT2D eigenvalue weighted by atomic mass is 9.81. The first kappa shape index (κ1) is 26.0. The number of anilines is 1. The quantitative estimate of drug-likeness (QED) is 0.196. The maximum atomic E-state index is 12.3. The molecule has 0 N–H and O–H groups in total. The fourth-order valence-corrected chi connectivity index (χ4v) is 6.78. The van der Waals surface area contributed by atoms with Gasteiger partial charge >= 0.3 is 5.91 Å². The van der Waals surface area contributed by atoms with E-state index in [1.165, 1.54) is 41.8 Å². The molecule has 1 aliphatic carbocycles. The van der Waals surface area contributed by atoms with Crippen LogP contribution in [0.15, 0.2) is 42.5 Å². The summed E-state index contributed by atoms with van der Waals surface area (Å²) in [5, 5.41) is 12.4. The molecule has 8 nitrogen and oxygen atoms in total. The largest absolute Gasteiger partial charge is 0.476 e. The Morgan fingerprint density at radius 3 is 2.64 bits per heavy atom. The van der Waals surface area contributed by atoms with Crippen molar-refractivity contribution in [2.75, 3.05) is 31.2 Å². The molecule has 1 unspecified atom stereocenters. The number of aromatic nitrogens is 1. The normalized spacial score (nSPS) is 19.9. The molecule has 1 atom stereocenters. The second-order valence-corrected chi connectivity index (χ2v) is 11.1. The molecule has 6 rings (SSSR count). The summed E-state index contributed by atoms with van der Waals surface area (Å²) in [6, 6.07) is 13.9. The van der Waals surface area contributed by atoms with Crippen LogP contribution in [0.1, 0.15) is 79.6 Å². The van der Waals surface area contributed by atoms with E-state index in [4.69, 9.17) is 9.47 Å². The first-order valence-corrected chi connectivity index (χ1v) is 14.5. The summed E-state index contributed by atoms with van der Waals surface area (Å²) in [6.45, 7) is 3.88. The van der Waals surface area contributed by atoms with Gasteiger partial charge in [-0.25, -0.2) is 4.79 Å². The number of amides is 1. The Hall–Kier alpha value is -3.23. The number of hydrogen-bond acceptors (Lipinski definition) is 6. The Kier molecular flexibility index (Phi) is 7.66. The molecular weight excluding hydrogens is 494 g/mol. The summed E-state index contributed by atoms with van der Waals surface area (Å²) >= 11 is 0. The molecular formula is C31H37N3O5. The van der Waals surface area contributed by atoms with Gasteiger partial charge in [0.2, 0.25) is 0 Å². The lowest BCUT2D eigenvalue weighted by Gasteiger charge is -2.27. The zero-order valence-corrected chi connectivity index (χ0v) is 22.5. The number of nitro groups is 1. The van der Waals surface area contributed by atoms with Gasteiger partial charge in [-0.15, -0.1) is 0 Å². The Morgan fingerprint density at radius 1 is 1.03 bits per heavy atom. The van der Waals surface area contributed by atoms with Crippen molar-refractivity contribution in [2.45, 2.75) is 76.5 Å². The van der Waals surface area contributed by atoms with Crippen molar-refractivity contribution in [1.29, 1.82) is 0 Å². The van der Waals surface area contributed by atoms with Crippen LogP contribution in [0.2, 0.25) is 0 Å². The molecule has 1 saturated carbocycles. The van der Waals surface area contributed by atoms with Crippen LogP contribution in [0, 0.1) is 10.1 Å². The van der Waals surface area contributed by atoms with Crippen LogP contribution in [0.25, 0.3) is 22.2 Å². The number of benzene rings is 2. The van der Waals surface area contributed by atoms with E-state index < -0.39 is 10.8 Å². The predicted octanol–water partition coefficient (Wildman–Crippen LogP) is 6.53. The summed E-state index contributed by atoms with van der Waals surface area (Å²) in [5.41, 5.74) is 6.04. The van der Waals surface area contributed by atoms with Gasteiger partial charge in [0.1, 0.15) is 4.92 Å². The number of carbonyl (C=O) groups excluding carboxylic acids is 1. The predicted molar refractivity (Wildman–Crippen MR) is 151 cm³/mol. The Morgan fingerprint density at radius 2 is 1.85 bits per heavy atom. The van der Waals surface area contributed by atoms with Crippen molar-refractivity contribution in [3.8, 4) is 11.3 Å². The van der Waals surface area contributed by atoms with Crippen LogP contribution >= 0.6 is 0 Å². The highest BCUT2D eigenvalue weighted by Gasteiger charge is 2.31. The van der Waals surface area contributed by atoms with Gasteiger partial charge in [-0.3, -0.25) is 10.1 Å². The van der Waals surface area contributed by atoms with Crippen molar-refractivity contribution >= 4 is 22.5 Å². The summed E-state index contributed by atoms with van der Waals surface area (Å²) in [6.07, 6.45) is 10.1. The van der Waals surface area contributed by atoms with Crippen LogP contribution in [-0.2, 0) is 16.0 Å². The van der Waals surface area contributed by atoms with Gasteiger partial charge in [-0.2, -0.15) is 0 Å². The second kappa shape index (κ2) is 11.5. The average molecular weight is 532 g/mol. The summed E-state index contributed by atoms with van der Waals surface area (Å²) in [4.78, 5) is 25.2. The van der Waals surface area contributed by atoms with Gasteiger partial charge in [-0.05, 0) is 68.2 Å². The minimum Gasteiger partial charge on any atom is -0.369 e. The number of hydrogen-bond donors (Lipinski definition) is 0. The van der Waals surface area contributed by atoms with Crippen molar-refractivity contribution in [3.63, 3.8) is 0 Å². The van der Waals surface area contributed by atoms with Crippen molar-refractivity contribution in [3.05, 3.63) is 63.7 Å². The minimum atomic E-state index is -1.05. The fraction of sp³-hybridized carbons (Fsp3) is 0.516. The third-order valence-electron chi connectivity index (χ3n) is 8.64. The van der Waals surface area contributed by atoms with E-state index in [0.29, 0.717) is 12.5 Å². The third-order valence-corrected chi connectivity index (χ3v) is 8.64. The zero-order chi connectivity index (χ0) is 26.8. The zero-order valence-electron chi connectivity index (χ0n) is 22.5. The van der Waals surface area contributed by atoms with Gasteiger partial charge in [0.25, 0.3) is 0 Å². The van der Waals surface area contributed by atoms with Crippen molar-refractivity contribution in [2.24, 2.45) is 0 Å². The molecule has 1 aromatic heterocycles. The van der Waals surface area contributed by atoms with E-state index in [-0.39, 0.29) is 11.9 Å². The number of nitrogens with zero attached hydrogens (tertiary/aromatic N) is 3. The Bertz CT molecular complexity index is 1350. The van der Waals surface area contributed by atoms with E-state index in [2.05, 4.69) is 33.7 Å². The molecule has 1 amide bonds. The Labute approximate surface area is 229 Å². The summed E-state index contributed by atoms with van der Waals surface area (Å²) in [5.74, 6) is -0.609. The van der Waals surface area contributed by atoms with E-state index >= 15 is 0 Å². The van der Waals surface area contributed by atoms with E-state index in [1.54, 1.807) is 12.1 Å². The highest BCUT2D eigenvalue weighted by atomic mass is 16.7. The summed E-state index contributed by atoms with van der Waals surface area (Å²) in [7, 11) is 0. The van der Waals surface area contributed by atoms with Gasteiger partial charge < -0.3 is 18.9 Å². The third kappa shape index (κ3) is 5.20. The van der Waals surface area contributed by atoms with E-state index in [9.17, 15) is 14.9 Å². The topological polar surface area (TPSA) is 86.8 Å². The van der Waals surface area contributed by atoms with Crippen LogP contribution in [0.4, 0.5) is 5.69 Å². The van der Waals surface area contributed by atoms with Crippen LogP contribution in [-0.4, -0.2) is 48.0 Å². The lowest BCUT2D eigenvalue weighted by Crippen LogP contribution is -2.29. The fourth-order valence-electron chi connectivity index (χ4n) is 6.78. The average Bonchev–Trinajstić information content (AvgIpc) is 3.21. The maximum absolute atomic E-state index is 12.3. The molecule has 39 heavy (non-hydrogen) atoms. The van der Waals surface area contributed by atoms with Gasteiger partial charge in [0, 0.05) is 48.4 Å². The number of fused-ring (bicyclic) bond motifs is 5. The SMILES string of the molecule is O=C(c1ccc2c(C3CCCCC3)c3n(c2c1)CCN(CCCOC1CCCCO1)c1ccccc1-3)[N+](=O)[O-]. The molecule has 2 aliphatic heterocycles. The molecule has 206 valence electrons. The highest BCUT2D eigenvalue weighted by Crippen LogP contribution is 2.47. The molecule has 2 fully saturated rings. The second-order valence-electron chi connectivity index (χ2n) is 11.1. The first-order chi connectivity index (χ1) is 19.1. The molecule has 0 bridgehead atoms. The number of ether oxygens (including phenoxy) is 2. The van der Waals surface area contributed by atoms with E-state index in [0.717, 1.165) is 75.7 Å². The van der Waals surface area contributed by atoms with E-state index in [1.807, 2.05) is 6.07 Å². The van der Waals surface area contributed by atoms with Gasteiger partial charge in [-0.1, -0.05) is 43.5 Å². The molecule has 0 spiro atoms. The smallest absolute Gasteiger partial charge is 0.369 e. The Balaban J connectivity index is 1.36. The number of carbonyl (C=O) groups is 1. The molecule has 3 aliphatic rings. The highest BCUT2D eigenvalue weighted by molar-refractivity contribution is 5.99. The summed E-state index contributed by atoms with van der Waals surface area (Å²) < 4.78 is 14.1. The molecule has 1 saturated heterocycles. The van der Waals surface area contributed by atoms with Crippen LogP contribution in [0.5, 0.6) is 0 Å². The molecule has 3 aromatic rings.